The lowest BCUT2D eigenvalue weighted by molar-refractivity contribution is -0.122. The van der Waals surface area contributed by atoms with Gasteiger partial charge in [-0.15, -0.1) is 23.2 Å². The van der Waals surface area contributed by atoms with Crippen molar-refractivity contribution >= 4 is 56.6 Å². The van der Waals surface area contributed by atoms with Crippen LogP contribution >= 0.6 is 39.1 Å². The van der Waals surface area contributed by atoms with E-state index in [0.717, 1.165) is 22.2 Å². The molecule has 6 heteroatoms. The summed E-state index contributed by atoms with van der Waals surface area (Å²) in [6, 6.07) is 7.00. The molecule has 1 saturated heterocycles. The van der Waals surface area contributed by atoms with Gasteiger partial charge in [-0.3, -0.25) is 9.59 Å². The van der Waals surface area contributed by atoms with Crippen molar-refractivity contribution in [1.82, 2.24) is 0 Å². The van der Waals surface area contributed by atoms with Gasteiger partial charge in [0.25, 0.3) is 11.8 Å². The number of carbonyl (C=O) groups is 2. The van der Waals surface area contributed by atoms with Crippen molar-refractivity contribution in [1.29, 1.82) is 0 Å². The zero-order chi connectivity index (χ0) is 15.7. The van der Waals surface area contributed by atoms with Crippen LogP contribution < -0.4 is 4.90 Å². The summed E-state index contributed by atoms with van der Waals surface area (Å²) in [7, 11) is 0. The van der Waals surface area contributed by atoms with Gasteiger partial charge >= 0.3 is 0 Å². The van der Waals surface area contributed by atoms with Crippen molar-refractivity contribution in [2.45, 2.75) is 22.6 Å². The molecule has 0 aromatic heterocycles. The maximum atomic E-state index is 13.0. The van der Waals surface area contributed by atoms with E-state index in [1.807, 2.05) is 12.2 Å². The van der Waals surface area contributed by atoms with E-state index < -0.39 is 21.6 Å². The summed E-state index contributed by atoms with van der Waals surface area (Å²) in [6.45, 7) is 0. The van der Waals surface area contributed by atoms with Crippen LogP contribution in [0.1, 0.15) is 12.8 Å². The van der Waals surface area contributed by atoms with E-state index in [1.165, 1.54) is 0 Å². The fraction of sp³-hybridized carbons (Fsp3) is 0.375. The van der Waals surface area contributed by atoms with Gasteiger partial charge in [-0.25, -0.2) is 4.90 Å². The zero-order valence-corrected chi connectivity index (χ0v) is 14.5. The Hall–Kier alpha value is -0.840. The van der Waals surface area contributed by atoms with Crippen LogP contribution in [0.25, 0.3) is 0 Å². The standard InChI is InChI=1S/C16H12BrCl2NO2/c17-11-5-7-12(8-6-11)20-13(21)15(18)9-1-2-10(4-3-9)16(15,19)14(20)22/h1-2,5-10H,3-4H2. The molecular weight excluding hydrogens is 389 g/mol. The number of rotatable bonds is 1. The number of allylic oxidation sites excluding steroid dienone is 2. The number of anilines is 1. The molecule has 1 saturated carbocycles. The summed E-state index contributed by atoms with van der Waals surface area (Å²) in [5.74, 6) is -1.21. The molecular formula is C16H12BrCl2NO2. The van der Waals surface area contributed by atoms with E-state index >= 15 is 0 Å². The molecule has 3 aliphatic carbocycles. The minimum absolute atomic E-state index is 0.200. The van der Waals surface area contributed by atoms with Crippen molar-refractivity contribution in [2.75, 3.05) is 4.90 Å². The van der Waals surface area contributed by atoms with E-state index in [4.69, 9.17) is 23.2 Å². The topological polar surface area (TPSA) is 37.4 Å². The number of amides is 2. The first-order valence-corrected chi connectivity index (χ1v) is 8.66. The first-order chi connectivity index (χ1) is 10.4. The number of fused-ring (bicyclic) bond motifs is 1. The number of carbonyl (C=O) groups excluding carboxylic acids is 2. The predicted molar refractivity (Wildman–Crippen MR) is 89.2 cm³/mol. The summed E-state index contributed by atoms with van der Waals surface area (Å²) in [6.07, 6.45) is 5.45. The minimum Gasteiger partial charge on any atom is -0.272 e. The Morgan fingerprint density at radius 2 is 1.41 bits per heavy atom. The van der Waals surface area contributed by atoms with Crippen LogP contribution in [-0.2, 0) is 9.59 Å². The monoisotopic (exact) mass is 399 g/mol. The molecule has 2 bridgehead atoms. The lowest BCUT2D eigenvalue weighted by Gasteiger charge is -2.48. The van der Waals surface area contributed by atoms with Gasteiger partial charge in [-0.1, -0.05) is 28.1 Å². The maximum Gasteiger partial charge on any atom is 0.258 e. The van der Waals surface area contributed by atoms with Crippen molar-refractivity contribution in [2.24, 2.45) is 11.8 Å². The third-order valence-electron chi connectivity index (χ3n) is 5.03. The first kappa shape index (κ1) is 14.7. The summed E-state index contributed by atoms with van der Waals surface area (Å²) >= 11 is 16.8. The quantitative estimate of drug-likeness (QED) is 0.407. The fourth-order valence-electron chi connectivity index (χ4n) is 3.89. The first-order valence-electron chi connectivity index (χ1n) is 7.11. The highest BCUT2D eigenvalue weighted by molar-refractivity contribution is 9.10. The Bertz CT molecular complexity index is 681. The molecule has 1 aliphatic heterocycles. The molecule has 4 aliphatic rings. The smallest absolute Gasteiger partial charge is 0.258 e. The Kier molecular flexibility index (Phi) is 3.07. The summed E-state index contributed by atoms with van der Waals surface area (Å²) in [4.78, 5) is 24.4. The summed E-state index contributed by atoms with van der Waals surface area (Å²) < 4.78 is 0.871. The normalized spacial score (nSPS) is 39.5. The van der Waals surface area contributed by atoms with Crippen LogP contribution in [0.2, 0.25) is 0 Å². The molecule has 2 fully saturated rings. The molecule has 5 rings (SSSR count). The third kappa shape index (κ3) is 1.53. The second-order valence-electron chi connectivity index (χ2n) is 6.02. The number of benzene rings is 1. The van der Waals surface area contributed by atoms with Crippen LogP contribution in [0.3, 0.4) is 0 Å². The van der Waals surface area contributed by atoms with E-state index in [-0.39, 0.29) is 11.8 Å². The van der Waals surface area contributed by atoms with Crippen LogP contribution in [0.4, 0.5) is 5.69 Å². The summed E-state index contributed by atoms with van der Waals surface area (Å²) in [5.41, 5.74) is 0.507. The molecule has 4 atom stereocenters. The average molecular weight is 401 g/mol. The van der Waals surface area contributed by atoms with Gasteiger partial charge < -0.3 is 0 Å². The average Bonchev–Trinajstić information content (AvgIpc) is 2.70. The Balaban J connectivity index is 1.87. The van der Waals surface area contributed by atoms with Gasteiger partial charge in [-0.2, -0.15) is 0 Å². The van der Waals surface area contributed by atoms with Gasteiger partial charge in [0, 0.05) is 16.3 Å². The van der Waals surface area contributed by atoms with Crippen LogP contribution in [0.5, 0.6) is 0 Å². The molecule has 3 nitrogen and oxygen atoms in total. The van der Waals surface area contributed by atoms with Crippen molar-refractivity contribution in [3.63, 3.8) is 0 Å². The van der Waals surface area contributed by atoms with Crippen molar-refractivity contribution < 1.29 is 9.59 Å². The highest BCUT2D eigenvalue weighted by Gasteiger charge is 2.76. The molecule has 1 heterocycles. The number of hydrogen-bond donors (Lipinski definition) is 0. The van der Waals surface area contributed by atoms with E-state index in [0.29, 0.717) is 5.69 Å². The number of hydrogen-bond acceptors (Lipinski definition) is 2. The maximum absolute atomic E-state index is 13.0. The minimum atomic E-state index is -1.38. The molecule has 114 valence electrons. The van der Waals surface area contributed by atoms with Gasteiger partial charge in [0.15, 0.2) is 9.75 Å². The second kappa shape index (κ2) is 4.59. The lowest BCUT2D eigenvalue weighted by atomic mass is 9.62. The SMILES string of the molecule is O=C1N(c2ccc(Br)cc2)C(=O)C2(Cl)C3C=CC(CC3)C12Cl. The van der Waals surface area contributed by atoms with Gasteiger partial charge in [0.1, 0.15) is 0 Å². The van der Waals surface area contributed by atoms with E-state index in [2.05, 4.69) is 15.9 Å². The number of nitrogens with zero attached hydrogens (tertiary/aromatic N) is 1. The molecule has 22 heavy (non-hydrogen) atoms. The highest BCUT2D eigenvalue weighted by atomic mass is 79.9. The molecule has 1 aromatic rings. The molecule has 2 amide bonds. The number of alkyl halides is 2. The Morgan fingerprint density at radius 1 is 0.955 bits per heavy atom. The van der Waals surface area contributed by atoms with Gasteiger partial charge in [-0.05, 0) is 37.1 Å². The van der Waals surface area contributed by atoms with Crippen LogP contribution in [-0.4, -0.2) is 21.6 Å². The Morgan fingerprint density at radius 3 is 1.82 bits per heavy atom. The molecule has 1 aromatic carbocycles. The van der Waals surface area contributed by atoms with E-state index in [1.54, 1.807) is 24.3 Å². The zero-order valence-electron chi connectivity index (χ0n) is 11.4. The van der Waals surface area contributed by atoms with Crippen LogP contribution in [0, 0.1) is 11.8 Å². The second-order valence-corrected chi connectivity index (χ2v) is 8.13. The molecule has 0 radical (unpaired) electrons. The third-order valence-corrected chi connectivity index (χ3v) is 7.13. The largest absolute Gasteiger partial charge is 0.272 e. The fourth-order valence-corrected chi connectivity index (χ4v) is 5.13. The van der Waals surface area contributed by atoms with E-state index in [9.17, 15) is 9.59 Å². The molecule has 0 spiro atoms. The highest BCUT2D eigenvalue weighted by Crippen LogP contribution is 2.61. The summed E-state index contributed by atoms with van der Waals surface area (Å²) in [5, 5.41) is 0. The van der Waals surface area contributed by atoms with Crippen molar-refractivity contribution in [3.05, 3.63) is 40.9 Å². The predicted octanol–water partition coefficient (Wildman–Crippen LogP) is 3.87. The van der Waals surface area contributed by atoms with Crippen LogP contribution in [0.15, 0.2) is 40.9 Å². The molecule has 4 unspecified atom stereocenters. The lowest BCUT2D eigenvalue weighted by Crippen LogP contribution is -2.61. The van der Waals surface area contributed by atoms with Crippen molar-refractivity contribution in [3.8, 4) is 0 Å². The molecule has 0 N–H and O–H groups in total. The number of imide groups is 1. The Labute approximate surface area is 146 Å². The number of halogens is 3. The van der Waals surface area contributed by atoms with Gasteiger partial charge in [0.2, 0.25) is 0 Å². The van der Waals surface area contributed by atoms with Gasteiger partial charge in [0.05, 0.1) is 5.69 Å².